The van der Waals surface area contributed by atoms with Crippen LogP contribution in [0.5, 0.6) is 0 Å². The van der Waals surface area contributed by atoms with Crippen LogP contribution in [0.1, 0.15) is 51.4 Å². The number of hydrogen-bond donors (Lipinski definition) is 8. The maximum absolute atomic E-state index is 13.1. The van der Waals surface area contributed by atoms with Gasteiger partial charge in [0.15, 0.2) is 0 Å². The normalized spacial score (nSPS) is 19.9. The third-order valence-electron chi connectivity index (χ3n) is 10.5. The number of carbonyl (C=O) groups is 7. The molecular weight excluding hydrogens is 820 g/mol. The fraction of sp³-hybridized carbons (Fsp3) is 0.821. The van der Waals surface area contributed by atoms with E-state index >= 15 is 0 Å². The molecule has 1 aliphatic carbocycles. The summed E-state index contributed by atoms with van der Waals surface area (Å²) in [5.41, 5.74) is 5.99. The Morgan fingerprint density at radius 1 is 0.581 bits per heavy atom. The highest BCUT2D eigenvalue weighted by Gasteiger charge is 2.30. The lowest BCUT2D eigenvalue weighted by atomic mass is 9.90. The minimum atomic E-state index is -1.18. The Balaban J connectivity index is 1.76. The van der Waals surface area contributed by atoms with Crippen molar-refractivity contribution in [2.45, 2.75) is 75.5 Å². The lowest BCUT2D eigenvalue weighted by molar-refractivity contribution is -0.145. The van der Waals surface area contributed by atoms with E-state index in [1.165, 1.54) is 0 Å². The number of aliphatic carboxylic acids is 4. The number of hydrogen-bond acceptors (Lipinski definition) is 16. The molecule has 62 heavy (non-hydrogen) atoms. The highest BCUT2D eigenvalue weighted by Crippen LogP contribution is 2.20. The summed E-state index contributed by atoms with van der Waals surface area (Å²) >= 11 is 0. The van der Waals surface area contributed by atoms with Gasteiger partial charge in [-0.2, -0.15) is 0 Å². The number of ether oxygens (including phenoxy) is 4. The molecule has 2 rings (SSSR count). The highest BCUT2D eigenvalue weighted by atomic mass is 16.6. The highest BCUT2D eigenvalue weighted by molar-refractivity contribution is 5.83. The van der Waals surface area contributed by atoms with Crippen LogP contribution in [-0.2, 0) is 52.5 Å². The van der Waals surface area contributed by atoms with Gasteiger partial charge in [0, 0.05) is 90.9 Å². The molecule has 0 aromatic rings. The van der Waals surface area contributed by atoms with Crippen molar-refractivity contribution in [3.05, 3.63) is 0 Å². The van der Waals surface area contributed by atoms with E-state index in [0.29, 0.717) is 65.3 Å². The summed E-state index contributed by atoms with van der Waals surface area (Å²) < 4.78 is 21.0. The van der Waals surface area contributed by atoms with Gasteiger partial charge in [-0.3, -0.25) is 53.2 Å². The second-order valence-electron chi connectivity index (χ2n) is 15.4. The van der Waals surface area contributed by atoms with Crippen molar-refractivity contribution in [1.82, 2.24) is 35.6 Å². The van der Waals surface area contributed by atoms with E-state index in [2.05, 4.69) is 16.0 Å². The fourth-order valence-corrected chi connectivity index (χ4v) is 7.10. The van der Waals surface area contributed by atoms with Crippen molar-refractivity contribution in [3.8, 4) is 0 Å². The van der Waals surface area contributed by atoms with Crippen LogP contribution in [0.4, 0.5) is 0 Å². The summed E-state index contributed by atoms with van der Waals surface area (Å²) in [4.78, 5) is 91.8. The first-order chi connectivity index (χ1) is 29.7. The first-order valence-corrected chi connectivity index (χ1v) is 21.3. The van der Waals surface area contributed by atoms with Crippen LogP contribution >= 0.6 is 0 Å². The van der Waals surface area contributed by atoms with Crippen molar-refractivity contribution < 1.29 is 72.9 Å². The number of methoxy groups -OCH3 is 1. The third-order valence-corrected chi connectivity index (χ3v) is 10.5. The van der Waals surface area contributed by atoms with Crippen LogP contribution in [0.25, 0.3) is 0 Å². The van der Waals surface area contributed by atoms with Crippen LogP contribution < -0.4 is 21.7 Å². The van der Waals surface area contributed by atoms with Gasteiger partial charge in [-0.05, 0) is 38.5 Å². The molecule has 9 N–H and O–H groups in total. The van der Waals surface area contributed by atoms with Gasteiger partial charge >= 0.3 is 23.9 Å². The van der Waals surface area contributed by atoms with E-state index in [1.807, 2.05) is 0 Å². The predicted molar refractivity (Wildman–Crippen MR) is 221 cm³/mol. The lowest BCUT2D eigenvalue weighted by Crippen LogP contribution is -2.52. The topological polar surface area (TPSA) is 312 Å². The third kappa shape index (κ3) is 25.1. The molecule has 0 bridgehead atoms. The number of carbonyl (C=O) groups excluding carboxylic acids is 3. The minimum absolute atomic E-state index is 0.0483. The molecule has 2 atom stereocenters. The molecule has 1 saturated heterocycles. The molecule has 0 aromatic carbocycles. The number of nitrogens with two attached hydrogens (primary N) is 1. The molecule has 1 heterocycles. The van der Waals surface area contributed by atoms with Gasteiger partial charge in [-0.15, -0.1) is 0 Å². The number of carboxylic acids is 4. The standard InChI is InChI=1S/C39H70N8O15/c1-59-20-21-61-24-25-62-23-22-60-19-10-41-38(56)31(40)6-8-33(48)42-29-2-4-30(5-3-29)43-34(49)9-7-32(39(57)58)47-17-15-45(27-36(52)53)13-11-44(26-35(50)51)12-14-46(16-18-47)28-37(54)55/h29-32H,2-28,40H2,1H3,(H,41,56)(H,42,48)(H,43,49)(H,50,51)(H,52,53)(H,54,55)(H,57,58)/t29?,30?,31-,32?/m0/s1. The molecule has 1 unspecified atom stereocenters. The second kappa shape index (κ2) is 31.7. The number of rotatable bonds is 29. The van der Waals surface area contributed by atoms with E-state index in [0.717, 1.165) is 0 Å². The lowest BCUT2D eigenvalue weighted by Gasteiger charge is -2.35. The van der Waals surface area contributed by atoms with E-state index in [9.17, 15) is 54.0 Å². The summed E-state index contributed by atoms with van der Waals surface area (Å²) in [6.45, 7) is 3.54. The fourth-order valence-electron chi connectivity index (χ4n) is 7.10. The molecule has 356 valence electrons. The van der Waals surface area contributed by atoms with Crippen LogP contribution in [-0.4, -0.2) is 238 Å². The van der Waals surface area contributed by atoms with Crippen molar-refractivity contribution in [2.75, 3.05) is 132 Å². The molecule has 1 saturated carbocycles. The predicted octanol–water partition coefficient (Wildman–Crippen LogP) is -2.84. The van der Waals surface area contributed by atoms with Gasteiger partial charge in [0.1, 0.15) is 6.04 Å². The van der Waals surface area contributed by atoms with E-state index in [-0.39, 0.29) is 141 Å². The molecule has 0 aromatic heterocycles. The van der Waals surface area contributed by atoms with Crippen molar-refractivity contribution in [2.24, 2.45) is 5.73 Å². The second-order valence-corrected chi connectivity index (χ2v) is 15.4. The van der Waals surface area contributed by atoms with Gasteiger partial charge in [0.05, 0.1) is 71.9 Å². The molecular formula is C39H70N8O15. The Morgan fingerprint density at radius 2 is 0.968 bits per heavy atom. The molecule has 3 amide bonds. The van der Waals surface area contributed by atoms with Gasteiger partial charge in [-0.25, -0.2) is 0 Å². The first-order valence-electron chi connectivity index (χ1n) is 21.3. The van der Waals surface area contributed by atoms with Gasteiger partial charge in [-0.1, -0.05) is 0 Å². The molecule has 23 nitrogen and oxygen atoms in total. The maximum Gasteiger partial charge on any atom is 0.320 e. The molecule has 23 heteroatoms. The average Bonchev–Trinajstić information content (AvgIpc) is 3.21. The van der Waals surface area contributed by atoms with Crippen LogP contribution in [0, 0.1) is 0 Å². The Morgan fingerprint density at radius 3 is 1.37 bits per heavy atom. The summed E-state index contributed by atoms with van der Waals surface area (Å²) in [6.07, 6.45) is 2.47. The van der Waals surface area contributed by atoms with E-state index in [1.54, 1.807) is 26.7 Å². The van der Waals surface area contributed by atoms with Crippen molar-refractivity contribution >= 4 is 41.6 Å². The Kier molecular flexibility index (Phi) is 27.7. The zero-order valence-electron chi connectivity index (χ0n) is 36.0. The zero-order chi connectivity index (χ0) is 45.7. The van der Waals surface area contributed by atoms with E-state index < -0.39 is 36.0 Å². The molecule has 1 aliphatic heterocycles. The zero-order valence-corrected chi connectivity index (χ0v) is 36.0. The SMILES string of the molecule is COCCOCCOCCOCCNC(=O)[C@@H](N)CCC(=O)NC1CCC(NC(=O)CCC(C(=O)O)N2CCN(CC(=O)O)CCN(CC(=O)O)CCN(CC(=O)O)CC2)CC1. The van der Waals surface area contributed by atoms with E-state index in [4.69, 9.17) is 24.7 Å². The monoisotopic (exact) mass is 890 g/mol. The summed E-state index contributed by atoms with van der Waals surface area (Å²) in [7, 11) is 1.60. The largest absolute Gasteiger partial charge is 0.480 e. The summed E-state index contributed by atoms with van der Waals surface area (Å²) in [5, 5.41) is 47.3. The molecule has 2 fully saturated rings. The maximum atomic E-state index is 13.1. The van der Waals surface area contributed by atoms with Crippen LogP contribution in [0.3, 0.4) is 0 Å². The number of carboxylic acid groups (broad SMARTS) is 4. The minimum Gasteiger partial charge on any atom is -0.480 e. The van der Waals surface area contributed by atoms with Crippen LogP contribution in [0.15, 0.2) is 0 Å². The average molecular weight is 891 g/mol. The van der Waals surface area contributed by atoms with Gasteiger partial charge in [0.2, 0.25) is 17.7 Å². The molecule has 0 spiro atoms. The molecule has 0 radical (unpaired) electrons. The van der Waals surface area contributed by atoms with Gasteiger partial charge in [0.25, 0.3) is 0 Å². The Bertz CT molecular complexity index is 1340. The summed E-state index contributed by atoms with van der Waals surface area (Å²) in [5.74, 6) is -5.39. The van der Waals surface area contributed by atoms with Crippen molar-refractivity contribution in [3.63, 3.8) is 0 Å². The summed E-state index contributed by atoms with van der Waals surface area (Å²) in [6, 6.07) is -2.27. The molecule has 2 aliphatic rings. The Labute approximate surface area is 362 Å². The van der Waals surface area contributed by atoms with Gasteiger partial charge < -0.3 is 61.1 Å². The number of amides is 3. The Hall–Kier alpha value is -4.07. The van der Waals surface area contributed by atoms with Crippen LogP contribution in [0.2, 0.25) is 0 Å². The quantitative estimate of drug-likeness (QED) is 0.0351. The number of nitrogens with zero attached hydrogens (tertiary/aromatic N) is 4. The first kappa shape index (κ1) is 54.1. The van der Waals surface area contributed by atoms with Crippen molar-refractivity contribution in [1.29, 1.82) is 0 Å². The smallest absolute Gasteiger partial charge is 0.320 e. The number of nitrogens with one attached hydrogen (secondary N) is 3.